The highest BCUT2D eigenvalue weighted by Crippen LogP contribution is 2.32. The van der Waals surface area contributed by atoms with E-state index in [2.05, 4.69) is 60.0 Å². The Bertz CT molecular complexity index is 1250. The molecule has 5 rings (SSSR count). The first-order valence-corrected chi connectivity index (χ1v) is 10.9. The zero-order chi connectivity index (χ0) is 24.6. The van der Waals surface area contributed by atoms with Gasteiger partial charge in [-0.2, -0.15) is 0 Å². The lowest BCUT2D eigenvalue weighted by Gasteiger charge is -2.25. The van der Waals surface area contributed by atoms with Crippen LogP contribution in [-0.2, 0) is 16.6 Å². The van der Waals surface area contributed by atoms with E-state index in [0.717, 1.165) is 17.5 Å². The van der Waals surface area contributed by atoms with Gasteiger partial charge in [-0.1, -0.05) is 109 Å². The van der Waals surface area contributed by atoms with Crippen LogP contribution in [0.15, 0.2) is 103 Å². The van der Waals surface area contributed by atoms with Crippen molar-refractivity contribution in [1.29, 1.82) is 5.41 Å². The van der Waals surface area contributed by atoms with Gasteiger partial charge in [-0.05, 0) is 46.4 Å². The summed E-state index contributed by atoms with van der Waals surface area (Å²) in [6, 6.07) is 31.6. The van der Waals surface area contributed by atoms with Gasteiger partial charge in [-0.25, -0.2) is 0 Å². The maximum atomic E-state index is 11.6. The smallest absolute Gasteiger partial charge is 0.318 e. The first kappa shape index (κ1) is 24.3. The molecule has 0 heterocycles. The van der Waals surface area contributed by atoms with E-state index in [9.17, 15) is 9.90 Å². The van der Waals surface area contributed by atoms with E-state index in [1.165, 1.54) is 21.9 Å². The molecule has 1 aliphatic carbocycles. The van der Waals surface area contributed by atoms with Crippen LogP contribution in [0.2, 0.25) is 0 Å². The van der Waals surface area contributed by atoms with Crippen molar-refractivity contribution in [1.82, 2.24) is 0 Å². The maximum absolute atomic E-state index is 11.6. The minimum absolute atomic E-state index is 0.333. The summed E-state index contributed by atoms with van der Waals surface area (Å²) in [6.07, 6.45) is 5.53. The van der Waals surface area contributed by atoms with Gasteiger partial charge in [0, 0.05) is 0 Å². The molecule has 1 aliphatic rings. The Hall–Kier alpha value is -4.38. The Balaban J connectivity index is 0.000000169. The van der Waals surface area contributed by atoms with Gasteiger partial charge in [0.2, 0.25) is 0 Å². The van der Waals surface area contributed by atoms with Crippen LogP contribution in [0, 0.1) is 5.41 Å². The van der Waals surface area contributed by atoms with E-state index in [1.807, 2.05) is 60.7 Å². The SMILES string of the molecule is C1=Cc2cccc3cccc(c23)C1.CC(C(=O)O)(c1ccccc1)c1ccccc1.N=C(N)N. The fourth-order valence-corrected chi connectivity index (χ4v) is 4.03. The molecule has 5 nitrogen and oxygen atoms in total. The summed E-state index contributed by atoms with van der Waals surface area (Å²) in [4.78, 5) is 11.6. The van der Waals surface area contributed by atoms with Gasteiger partial charge < -0.3 is 16.6 Å². The third-order valence-corrected chi connectivity index (χ3v) is 5.79. The number of aliphatic carboxylic acids is 1. The number of rotatable bonds is 3. The van der Waals surface area contributed by atoms with Crippen molar-refractivity contribution in [3.8, 4) is 0 Å². The molecule has 4 aromatic rings. The number of hydrogen-bond acceptors (Lipinski definition) is 2. The van der Waals surface area contributed by atoms with Crippen molar-refractivity contribution in [3.05, 3.63) is 125 Å². The number of nitrogens with one attached hydrogen (secondary N) is 1. The predicted molar refractivity (Wildman–Crippen MR) is 140 cm³/mol. The minimum atomic E-state index is -0.998. The summed E-state index contributed by atoms with van der Waals surface area (Å²) in [5.74, 6) is -1.17. The second kappa shape index (κ2) is 11.0. The van der Waals surface area contributed by atoms with E-state index in [0.29, 0.717) is 0 Å². The van der Waals surface area contributed by atoms with Crippen LogP contribution in [0.25, 0.3) is 16.8 Å². The molecule has 4 aromatic carbocycles. The first-order valence-electron chi connectivity index (χ1n) is 10.9. The van der Waals surface area contributed by atoms with E-state index in [1.54, 1.807) is 6.92 Å². The number of carboxylic acids is 1. The number of guanidine groups is 1. The monoisotopic (exact) mass is 451 g/mol. The molecule has 0 atom stereocenters. The summed E-state index contributed by atoms with van der Waals surface area (Å²) in [6.45, 7) is 1.74. The van der Waals surface area contributed by atoms with Crippen LogP contribution in [0.5, 0.6) is 0 Å². The standard InChI is InChI=1S/C15H14O2.C13H10.CH5N3/c1-15(14(16)17,12-8-4-2-5-9-12)13-10-6-3-7-11-13;1-4-10-6-2-8-12-9-3-7-11(5-1)13(10)12;2-1(3)4/h2-11H,1H3,(H,16,17);1-8H,9H2;(H5,2,3,4). The van der Waals surface area contributed by atoms with Gasteiger partial charge in [-0.15, -0.1) is 0 Å². The van der Waals surface area contributed by atoms with Gasteiger partial charge in [-0.3, -0.25) is 10.2 Å². The van der Waals surface area contributed by atoms with Crippen molar-refractivity contribution >= 4 is 28.8 Å². The molecule has 0 saturated carbocycles. The maximum Gasteiger partial charge on any atom is 0.318 e. The van der Waals surface area contributed by atoms with Crippen LogP contribution < -0.4 is 11.5 Å². The van der Waals surface area contributed by atoms with Crippen LogP contribution in [0.1, 0.15) is 29.2 Å². The van der Waals surface area contributed by atoms with Gasteiger partial charge >= 0.3 is 5.97 Å². The Morgan fingerprint density at radius 2 is 1.32 bits per heavy atom. The average molecular weight is 452 g/mol. The van der Waals surface area contributed by atoms with Gasteiger partial charge in [0.25, 0.3) is 0 Å². The fraction of sp³-hybridized carbons (Fsp3) is 0.103. The Kier molecular flexibility index (Phi) is 7.83. The van der Waals surface area contributed by atoms with E-state index < -0.39 is 11.4 Å². The van der Waals surface area contributed by atoms with Crippen molar-refractivity contribution in [2.45, 2.75) is 18.8 Å². The van der Waals surface area contributed by atoms with Crippen molar-refractivity contribution in [2.75, 3.05) is 0 Å². The second-order valence-electron chi connectivity index (χ2n) is 8.09. The summed E-state index contributed by atoms with van der Waals surface area (Å²) in [5, 5.41) is 18.4. The number of benzene rings is 4. The van der Waals surface area contributed by atoms with Gasteiger partial charge in [0.15, 0.2) is 5.96 Å². The molecule has 5 heteroatoms. The molecule has 6 N–H and O–H groups in total. The molecular weight excluding hydrogens is 422 g/mol. The Labute approximate surface area is 199 Å². The van der Waals surface area contributed by atoms with Crippen LogP contribution in [-0.4, -0.2) is 17.0 Å². The molecule has 0 radical (unpaired) electrons. The fourth-order valence-electron chi connectivity index (χ4n) is 4.03. The highest BCUT2D eigenvalue weighted by Gasteiger charge is 2.36. The number of hydrogen-bond donors (Lipinski definition) is 4. The molecule has 0 unspecified atom stereocenters. The molecule has 0 saturated heterocycles. The summed E-state index contributed by atoms with van der Waals surface area (Å²) in [7, 11) is 0. The summed E-state index contributed by atoms with van der Waals surface area (Å²) >= 11 is 0. The molecule has 0 aliphatic heterocycles. The molecule has 0 spiro atoms. The summed E-state index contributed by atoms with van der Waals surface area (Å²) in [5.41, 5.74) is 12.3. The molecular formula is C29H29N3O2. The molecule has 0 aromatic heterocycles. The predicted octanol–water partition coefficient (Wildman–Crippen LogP) is 5.32. The van der Waals surface area contributed by atoms with Crippen LogP contribution >= 0.6 is 0 Å². The number of carboxylic acid groups (broad SMARTS) is 1. The normalized spacial score (nSPS) is 11.4. The zero-order valence-corrected chi connectivity index (χ0v) is 19.1. The summed E-state index contributed by atoms with van der Waals surface area (Å²) < 4.78 is 0. The zero-order valence-electron chi connectivity index (χ0n) is 19.1. The number of carbonyl (C=O) groups is 1. The van der Waals surface area contributed by atoms with Crippen molar-refractivity contribution in [3.63, 3.8) is 0 Å². The minimum Gasteiger partial charge on any atom is -0.480 e. The largest absolute Gasteiger partial charge is 0.480 e. The average Bonchev–Trinajstić information content (AvgIpc) is 2.85. The molecule has 34 heavy (non-hydrogen) atoms. The lowest BCUT2D eigenvalue weighted by molar-refractivity contribution is -0.141. The first-order chi connectivity index (χ1) is 16.3. The lowest BCUT2D eigenvalue weighted by atomic mass is 9.76. The van der Waals surface area contributed by atoms with Crippen LogP contribution in [0.3, 0.4) is 0 Å². The quantitative estimate of drug-likeness (QED) is 0.249. The van der Waals surface area contributed by atoms with Crippen LogP contribution in [0.4, 0.5) is 0 Å². The molecule has 0 bridgehead atoms. The van der Waals surface area contributed by atoms with Gasteiger partial charge in [0.05, 0.1) is 0 Å². The topological polar surface area (TPSA) is 113 Å². The Morgan fingerprint density at radius 1 is 0.824 bits per heavy atom. The number of nitrogens with two attached hydrogens (primary N) is 2. The van der Waals surface area contributed by atoms with Crippen molar-refractivity contribution < 1.29 is 9.90 Å². The molecule has 0 fully saturated rings. The lowest BCUT2D eigenvalue weighted by Crippen LogP contribution is -2.33. The molecule has 172 valence electrons. The molecule has 0 amide bonds. The van der Waals surface area contributed by atoms with E-state index >= 15 is 0 Å². The highest BCUT2D eigenvalue weighted by atomic mass is 16.4. The number of allylic oxidation sites excluding steroid dienone is 1. The highest BCUT2D eigenvalue weighted by molar-refractivity contribution is 5.94. The third-order valence-electron chi connectivity index (χ3n) is 5.79. The second-order valence-corrected chi connectivity index (χ2v) is 8.09. The van der Waals surface area contributed by atoms with Crippen molar-refractivity contribution in [2.24, 2.45) is 11.5 Å². The third kappa shape index (κ3) is 5.51. The van der Waals surface area contributed by atoms with Gasteiger partial charge in [0.1, 0.15) is 5.41 Å². The van der Waals surface area contributed by atoms with E-state index in [-0.39, 0.29) is 5.96 Å². The van der Waals surface area contributed by atoms with E-state index in [4.69, 9.17) is 5.41 Å². The Morgan fingerprint density at radius 3 is 1.82 bits per heavy atom.